The van der Waals surface area contributed by atoms with Gasteiger partial charge in [0.05, 0.1) is 19.2 Å². The highest BCUT2D eigenvalue weighted by molar-refractivity contribution is 5.96. The second-order valence-electron chi connectivity index (χ2n) is 11.6. The van der Waals surface area contributed by atoms with Gasteiger partial charge in [-0.25, -0.2) is 4.79 Å². The second kappa shape index (κ2) is 17.8. The number of carbonyl (C=O) groups is 6. The highest BCUT2D eigenvalue weighted by atomic mass is 16.4. The fourth-order valence-corrected chi connectivity index (χ4v) is 5.71. The molecule has 17 nitrogen and oxygen atoms in total. The number of carboxylic acids is 1. The zero-order chi connectivity index (χ0) is 34.5. The lowest BCUT2D eigenvalue weighted by molar-refractivity contribution is -0.147. The van der Waals surface area contributed by atoms with Crippen molar-refractivity contribution in [2.45, 2.75) is 75.2 Å². The van der Waals surface area contributed by atoms with Crippen molar-refractivity contribution in [3.8, 4) is 0 Å². The van der Waals surface area contributed by atoms with E-state index in [1.165, 1.54) is 9.80 Å². The molecule has 0 spiro atoms. The summed E-state index contributed by atoms with van der Waals surface area (Å²) in [5, 5.41) is 35.6. The highest BCUT2D eigenvalue weighted by Crippen LogP contribution is 2.25. The van der Waals surface area contributed by atoms with E-state index in [0.717, 1.165) is 0 Å². The molecule has 11 N–H and O–H groups in total. The fraction of sp³-hybridized carbons (Fsp3) is 0.567. The number of likely N-dealkylation sites (tertiary alicyclic amines) is 2. The van der Waals surface area contributed by atoms with Crippen molar-refractivity contribution in [2.24, 2.45) is 11.5 Å². The number of nitrogens with two attached hydrogens (primary N) is 2. The molecule has 0 saturated carbocycles. The molecule has 0 radical (unpaired) electrons. The van der Waals surface area contributed by atoms with E-state index in [0.29, 0.717) is 63.7 Å². The first-order chi connectivity index (χ1) is 22.4. The first kappa shape index (κ1) is 36.7. The van der Waals surface area contributed by atoms with E-state index in [1.807, 2.05) is 0 Å². The Hall–Kier alpha value is -4.77. The van der Waals surface area contributed by atoms with Crippen LogP contribution in [0.2, 0.25) is 0 Å². The number of aliphatic hydroxyl groups is 1. The Morgan fingerprint density at radius 2 is 1.60 bits per heavy atom. The molecule has 1 aromatic carbocycles. The van der Waals surface area contributed by atoms with E-state index in [-0.39, 0.29) is 24.2 Å². The number of amides is 5. The number of carbonyl (C=O) groups excluding carboxylic acids is 5. The van der Waals surface area contributed by atoms with E-state index in [2.05, 4.69) is 21.3 Å². The van der Waals surface area contributed by atoms with Crippen molar-refractivity contribution >= 4 is 41.5 Å². The Kier molecular flexibility index (Phi) is 13.9. The number of carboxylic acid groups (broad SMARTS) is 1. The van der Waals surface area contributed by atoms with Gasteiger partial charge in [0.1, 0.15) is 24.2 Å². The summed E-state index contributed by atoms with van der Waals surface area (Å²) in [6, 6.07) is 3.47. The third-order valence-corrected chi connectivity index (χ3v) is 8.14. The second-order valence-corrected chi connectivity index (χ2v) is 11.6. The SMILES string of the molecule is N=C(N)NCCC[C@H](N)C(=O)N1CCC[C@H]1C(=O)N1CCC[C@H]1C(=O)NCC(=O)N[C@@H](Cc1ccccc1)C(=O)N[C@@H](CO)C(=O)O. The van der Waals surface area contributed by atoms with Crippen LogP contribution >= 0.6 is 0 Å². The molecule has 2 aliphatic rings. The fourth-order valence-electron chi connectivity index (χ4n) is 5.71. The van der Waals surface area contributed by atoms with E-state index in [1.54, 1.807) is 30.3 Å². The highest BCUT2D eigenvalue weighted by Gasteiger charge is 2.43. The smallest absolute Gasteiger partial charge is 0.328 e. The normalized spacial score (nSPS) is 19.3. The maximum Gasteiger partial charge on any atom is 0.328 e. The number of rotatable bonds is 16. The van der Waals surface area contributed by atoms with Gasteiger partial charge in [-0.3, -0.25) is 29.4 Å². The van der Waals surface area contributed by atoms with Crippen LogP contribution in [0.3, 0.4) is 0 Å². The van der Waals surface area contributed by atoms with Gasteiger partial charge in [-0.2, -0.15) is 0 Å². The monoisotopic (exact) mass is 659 g/mol. The predicted octanol–water partition coefficient (Wildman–Crippen LogP) is -3.04. The molecule has 5 amide bonds. The Balaban J connectivity index is 1.58. The molecular formula is C30H45N9O8. The first-order valence-electron chi connectivity index (χ1n) is 15.6. The summed E-state index contributed by atoms with van der Waals surface area (Å²) in [5.74, 6) is -4.45. The van der Waals surface area contributed by atoms with Crippen LogP contribution in [-0.2, 0) is 35.2 Å². The van der Waals surface area contributed by atoms with Gasteiger partial charge >= 0.3 is 5.97 Å². The van der Waals surface area contributed by atoms with Gasteiger partial charge in [-0.1, -0.05) is 30.3 Å². The topological polar surface area (TPSA) is 273 Å². The van der Waals surface area contributed by atoms with Gasteiger partial charge in [-0.15, -0.1) is 0 Å². The minimum atomic E-state index is -1.57. The molecule has 47 heavy (non-hydrogen) atoms. The summed E-state index contributed by atoms with van der Waals surface area (Å²) < 4.78 is 0. The Morgan fingerprint density at radius 3 is 2.23 bits per heavy atom. The standard InChI is InChI=1S/C30H45N9O8/c31-19(9-4-12-34-30(32)33)27(44)39-14-6-11-23(39)28(45)38-13-5-10-22(38)26(43)35-16-24(41)36-20(15-18-7-2-1-3-8-18)25(42)37-21(17-40)29(46)47/h1-3,7-8,19-23,40H,4-6,9-17,31H2,(H,35,43)(H,36,41)(H,37,42)(H,46,47)(H4,32,33,34)/t19-,20-,21-,22-,23-/m0/s1. The molecule has 3 rings (SSSR count). The van der Waals surface area contributed by atoms with Crippen LogP contribution in [0.4, 0.5) is 0 Å². The van der Waals surface area contributed by atoms with E-state index in [9.17, 15) is 39.0 Å². The van der Waals surface area contributed by atoms with Crippen LogP contribution in [0.25, 0.3) is 0 Å². The van der Waals surface area contributed by atoms with Crippen molar-refractivity contribution < 1.29 is 39.0 Å². The third-order valence-electron chi connectivity index (χ3n) is 8.14. The lowest BCUT2D eigenvalue weighted by Gasteiger charge is -2.32. The maximum atomic E-state index is 13.6. The Bertz CT molecular complexity index is 1300. The van der Waals surface area contributed by atoms with Gasteiger partial charge < -0.3 is 52.7 Å². The number of hydrogen-bond donors (Lipinski definition) is 9. The number of nitrogens with zero attached hydrogens (tertiary/aromatic N) is 2. The average Bonchev–Trinajstić information content (AvgIpc) is 3.74. The number of guanidine groups is 1. The van der Waals surface area contributed by atoms with Crippen LogP contribution in [0.1, 0.15) is 44.1 Å². The molecule has 2 heterocycles. The van der Waals surface area contributed by atoms with Crippen molar-refractivity contribution in [2.75, 3.05) is 32.8 Å². The summed E-state index contributed by atoms with van der Waals surface area (Å²) in [6.45, 7) is -0.307. The van der Waals surface area contributed by atoms with Gasteiger partial charge in [0.25, 0.3) is 0 Å². The number of aliphatic carboxylic acids is 1. The van der Waals surface area contributed by atoms with Gasteiger partial charge in [0.2, 0.25) is 29.5 Å². The van der Waals surface area contributed by atoms with Gasteiger partial charge in [0, 0.05) is 26.1 Å². The van der Waals surface area contributed by atoms with Crippen molar-refractivity contribution in [3.05, 3.63) is 35.9 Å². The van der Waals surface area contributed by atoms with E-state index >= 15 is 0 Å². The molecule has 2 aliphatic heterocycles. The van der Waals surface area contributed by atoms with E-state index < -0.39 is 67.1 Å². The van der Waals surface area contributed by atoms with Crippen LogP contribution < -0.4 is 32.7 Å². The summed E-state index contributed by atoms with van der Waals surface area (Å²) in [7, 11) is 0. The Labute approximate surface area is 272 Å². The minimum Gasteiger partial charge on any atom is -0.480 e. The van der Waals surface area contributed by atoms with Gasteiger partial charge in [0.15, 0.2) is 5.96 Å². The largest absolute Gasteiger partial charge is 0.480 e. The summed E-state index contributed by atoms with van der Waals surface area (Å²) >= 11 is 0. The predicted molar refractivity (Wildman–Crippen MR) is 168 cm³/mol. The van der Waals surface area contributed by atoms with Crippen LogP contribution in [0, 0.1) is 5.41 Å². The molecule has 5 atom stereocenters. The lowest BCUT2D eigenvalue weighted by Crippen LogP contribution is -2.56. The minimum absolute atomic E-state index is 0.0185. The molecule has 0 aromatic heterocycles. The number of nitrogens with one attached hydrogen (secondary N) is 5. The molecule has 1 aromatic rings. The van der Waals surface area contributed by atoms with Crippen molar-refractivity contribution in [1.82, 2.24) is 31.1 Å². The summed E-state index contributed by atoms with van der Waals surface area (Å²) in [5.41, 5.74) is 12.1. The summed E-state index contributed by atoms with van der Waals surface area (Å²) in [6.07, 6.45) is 2.81. The lowest BCUT2D eigenvalue weighted by atomic mass is 10.0. The van der Waals surface area contributed by atoms with Crippen LogP contribution in [0.5, 0.6) is 0 Å². The zero-order valence-electron chi connectivity index (χ0n) is 26.2. The maximum absolute atomic E-state index is 13.6. The number of benzene rings is 1. The zero-order valence-corrected chi connectivity index (χ0v) is 26.2. The number of hydrogen-bond acceptors (Lipinski definition) is 9. The van der Waals surface area contributed by atoms with Gasteiger partial charge in [-0.05, 0) is 44.1 Å². The molecular weight excluding hydrogens is 614 g/mol. The average molecular weight is 660 g/mol. The van der Waals surface area contributed by atoms with Crippen LogP contribution in [0.15, 0.2) is 30.3 Å². The molecule has 0 bridgehead atoms. The molecule has 2 saturated heterocycles. The Morgan fingerprint density at radius 1 is 0.936 bits per heavy atom. The molecule has 2 fully saturated rings. The summed E-state index contributed by atoms with van der Waals surface area (Å²) in [4.78, 5) is 79.8. The number of aliphatic hydroxyl groups excluding tert-OH is 1. The molecule has 258 valence electrons. The molecule has 17 heteroatoms. The first-order valence-corrected chi connectivity index (χ1v) is 15.6. The quantitative estimate of drug-likeness (QED) is 0.0489. The van der Waals surface area contributed by atoms with Crippen molar-refractivity contribution in [1.29, 1.82) is 5.41 Å². The van der Waals surface area contributed by atoms with E-state index in [4.69, 9.17) is 16.9 Å². The van der Waals surface area contributed by atoms with Crippen molar-refractivity contribution in [3.63, 3.8) is 0 Å². The molecule has 0 unspecified atom stereocenters. The third kappa shape index (κ3) is 10.6. The molecule has 0 aliphatic carbocycles. The van der Waals surface area contributed by atoms with Crippen LogP contribution in [-0.4, -0.2) is 124 Å².